The summed E-state index contributed by atoms with van der Waals surface area (Å²) in [4.78, 5) is 36.8. The Morgan fingerprint density at radius 1 is 1.03 bits per heavy atom. The quantitative estimate of drug-likeness (QED) is 0.548. The summed E-state index contributed by atoms with van der Waals surface area (Å²) in [6, 6.07) is 2.93. The number of esters is 1. The van der Waals surface area contributed by atoms with Gasteiger partial charge >= 0.3 is 5.97 Å². The van der Waals surface area contributed by atoms with E-state index >= 15 is 0 Å². The number of hydrogen-bond acceptors (Lipinski definition) is 7. The van der Waals surface area contributed by atoms with Crippen LogP contribution < -0.4 is 15.4 Å². The lowest BCUT2D eigenvalue weighted by Gasteiger charge is -2.16. The number of nitrogens with one attached hydrogen (secondary N) is 2. The van der Waals surface area contributed by atoms with Crippen LogP contribution in [0, 0.1) is 0 Å². The van der Waals surface area contributed by atoms with E-state index in [2.05, 4.69) is 10.6 Å². The molecule has 1 atom stereocenters. The Hall–Kier alpha value is -3.07. The van der Waals surface area contributed by atoms with Crippen molar-refractivity contribution in [2.45, 2.75) is 51.6 Å². The zero-order valence-corrected chi connectivity index (χ0v) is 19.4. The van der Waals surface area contributed by atoms with Crippen molar-refractivity contribution < 1.29 is 33.7 Å². The fraction of sp³-hybridized carbons (Fsp3) is 0.542. The van der Waals surface area contributed by atoms with Gasteiger partial charge in [0.15, 0.2) is 0 Å². The van der Waals surface area contributed by atoms with Crippen LogP contribution in [0.5, 0.6) is 11.5 Å². The minimum atomic E-state index is -0.682. The van der Waals surface area contributed by atoms with Crippen molar-refractivity contribution in [3.8, 4) is 11.5 Å². The maximum Gasteiger partial charge on any atom is 0.342 e. The number of methoxy groups -OCH3 is 1. The zero-order chi connectivity index (χ0) is 24.1. The molecule has 1 aliphatic heterocycles. The highest BCUT2D eigenvalue weighted by molar-refractivity contribution is 5.97. The van der Waals surface area contributed by atoms with Gasteiger partial charge < -0.3 is 30.0 Å². The van der Waals surface area contributed by atoms with Crippen LogP contribution in [0.15, 0.2) is 18.2 Å². The molecule has 1 aliphatic rings. The smallest absolute Gasteiger partial charge is 0.342 e. The van der Waals surface area contributed by atoms with E-state index in [4.69, 9.17) is 14.2 Å². The van der Waals surface area contributed by atoms with Gasteiger partial charge in [-0.15, -0.1) is 0 Å². The molecule has 0 unspecified atom stereocenters. The number of amides is 2. The lowest BCUT2D eigenvalue weighted by Crippen LogP contribution is -2.26. The van der Waals surface area contributed by atoms with Gasteiger partial charge in [-0.3, -0.25) is 9.59 Å². The zero-order valence-electron chi connectivity index (χ0n) is 19.4. The molecule has 0 spiro atoms. The highest BCUT2D eigenvalue weighted by Crippen LogP contribution is 2.30. The van der Waals surface area contributed by atoms with Crippen LogP contribution in [0.25, 0.3) is 6.08 Å². The third kappa shape index (κ3) is 9.53. The van der Waals surface area contributed by atoms with Crippen molar-refractivity contribution in [2.75, 3.05) is 33.4 Å². The average molecular weight is 463 g/mol. The van der Waals surface area contributed by atoms with E-state index in [9.17, 15) is 19.5 Å². The number of phenolic OH excluding ortho intramolecular Hbond substituents is 1. The Balaban J connectivity index is 2.14. The van der Waals surface area contributed by atoms with E-state index in [-0.39, 0.29) is 29.5 Å². The van der Waals surface area contributed by atoms with Crippen molar-refractivity contribution in [1.29, 1.82) is 0 Å². The maximum atomic E-state index is 12.8. The molecular formula is C24H34N2O7. The molecule has 0 saturated carbocycles. The number of fused-ring (bicyclic) bond motifs is 1. The molecular weight excluding hydrogens is 428 g/mol. The average Bonchev–Trinajstić information content (AvgIpc) is 2.76. The number of rotatable bonds is 1. The van der Waals surface area contributed by atoms with Gasteiger partial charge in [-0.1, -0.05) is 12.2 Å². The number of aromatic hydroxyl groups is 1. The number of carbonyl (C=O) groups is 3. The van der Waals surface area contributed by atoms with Gasteiger partial charge in [-0.05, 0) is 44.2 Å². The Kier molecular flexibility index (Phi) is 11.2. The fourth-order valence-electron chi connectivity index (χ4n) is 3.30. The van der Waals surface area contributed by atoms with Crippen LogP contribution in [-0.4, -0.2) is 62.4 Å². The molecule has 0 fully saturated rings. The molecule has 3 N–H and O–H groups in total. The number of ether oxygens (including phenoxy) is 3. The number of cyclic esters (lactones) is 1. The van der Waals surface area contributed by atoms with Gasteiger partial charge in [0.1, 0.15) is 17.1 Å². The Morgan fingerprint density at radius 3 is 2.42 bits per heavy atom. The lowest BCUT2D eigenvalue weighted by molar-refractivity contribution is -0.121. The van der Waals surface area contributed by atoms with Crippen LogP contribution in [-0.2, 0) is 19.1 Å². The fourth-order valence-corrected chi connectivity index (χ4v) is 3.30. The number of hydrogen-bond donors (Lipinski definition) is 3. The van der Waals surface area contributed by atoms with E-state index in [0.29, 0.717) is 69.7 Å². The maximum absolute atomic E-state index is 12.8. The summed E-state index contributed by atoms with van der Waals surface area (Å²) in [7, 11) is 1.45. The number of carbonyl (C=O) groups excluding carboxylic acids is 3. The summed E-state index contributed by atoms with van der Waals surface area (Å²) in [5, 5.41) is 16.1. The van der Waals surface area contributed by atoms with E-state index in [1.165, 1.54) is 13.2 Å². The van der Waals surface area contributed by atoms with E-state index in [1.54, 1.807) is 25.1 Å². The topological polar surface area (TPSA) is 123 Å². The summed E-state index contributed by atoms with van der Waals surface area (Å²) in [6.45, 7) is 3.83. The molecule has 9 nitrogen and oxygen atoms in total. The highest BCUT2D eigenvalue weighted by atomic mass is 16.5. The molecule has 0 aromatic heterocycles. The monoisotopic (exact) mass is 462 g/mol. The van der Waals surface area contributed by atoms with Crippen molar-refractivity contribution in [3.05, 3.63) is 29.3 Å². The largest absolute Gasteiger partial charge is 0.507 e. The summed E-state index contributed by atoms with van der Waals surface area (Å²) >= 11 is 0. The van der Waals surface area contributed by atoms with Crippen LogP contribution in [0.2, 0.25) is 0 Å². The summed E-state index contributed by atoms with van der Waals surface area (Å²) in [6.07, 6.45) is 5.67. The van der Waals surface area contributed by atoms with Crippen LogP contribution >= 0.6 is 0 Å². The van der Waals surface area contributed by atoms with Crippen LogP contribution in [0.4, 0.5) is 0 Å². The van der Waals surface area contributed by atoms with Gasteiger partial charge in [0, 0.05) is 45.2 Å². The summed E-state index contributed by atoms with van der Waals surface area (Å²) < 4.78 is 16.2. The molecule has 1 heterocycles. The lowest BCUT2D eigenvalue weighted by atomic mass is 10.0. The van der Waals surface area contributed by atoms with Crippen LogP contribution in [0.3, 0.4) is 0 Å². The predicted octanol–water partition coefficient (Wildman–Crippen LogP) is 2.56. The third-order valence-electron chi connectivity index (χ3n) is 5.06. The molecule has 182 valence electrons. The summed E-state index contributed by atoms with van der Waals surface area (Å²) in [5.74, 6) is -0.809. The molecule has 0 aliphatic carbocycles. The first-order valence-corrected chi connectivity index (χ1v) is 11.3. The molecule has 2 amide bonds. The minimum absolute atomic E-state index is 0.00339. The predicted molar refractivity (Wildman–Crippen MR) is 123 cm³/mol. The van der Waals surface area contributed by atoms with Gasteiger partial charge in [0.25, 0.3) is 0 Å². The van der Waals surface area contributed by atoms with Crippen molar-refractivity contribution >= 4 is 23.9 Å². The normalized spacial score (nSPS) is 21.3. The Labute approximate surface area is 194 Å². The van der Waals surface area contributed by atoms with Gasteiger partial charge in [0.05, 0.1) is 13.2 Å². The standard InChI is InChI=1S/C24H34N2O7/c1-17-7-3-9-21(28)25-11-5-13-32-14-6-12-26-22(29)10-4-8-18-15-19(31-2)16-20(27)23(18)24(30)33-17/h4,8,15-17,27H,3,5-7,9-14H2,1-2H3,(H,25,28)(H,26,29)/b8-4+/t17-/m0/s1. The first-order chi connectivity index (χ1) is 15.9. The second kappa shape index (κ2) is 14.2. The minimum Gasteiger partial charge on any atom is -0.507 e. The first-order valence-electron chi connectivity index (χ1n) is 11.3. The van der Waals surface area contributed by atoms with Crippen molar-refractivity contribution in [2.24, 2.45) is 0 Å². The molecule has 0 bridgehead atoms. The second-order valence-corrected chi connectivity index (χ2v) is 7.84. The first kappa shape index (κ1) is 26.2. The number of benzene rings is 1. The molecule has 0 radical (unpaired) electrons. The number of phenols is 1. The van der Waals surface area contributed by atoms with Crippen molar-refractivity contribution in [3.63, 3.8) is 0 Å². The summed E-state index contributed by atoms with van der Waals surface area (Å²) in [5.41, 5.74) is 0.378. The van der Waals surface area contributed by atoms with Gasteiger partial charge in [-0.2, -0.15) is 0 Å². The third-order valence-corrected chi connectivity index (χ3v) is 5.06. The molecule has 0 saturated heterocycles. The van der Waals surface area contributed by atoms with Gasteiger partial charge in [-0.25, -0.2) is 4.79 Å². The molecule has 2 rings (SSSR count). The van der Waals surface area contributed by atoms with Crippen LogP contribution in [0.1, 0.15) is 61.4 Å². The second-order valence-electron chi connectivity index (χ2n) is 7.84. The Bertz CT molecular complexity index is 838. The molecule has 9 heteroatoms. The Morgan fingerprint density at radius 2 is 1.73 bits per heavy atom. The molecule has 1 aromatic rings. The highest BCUT2D eigenvalue weighted by Gasteiger charge is 2.21. The van der Waals surface area contributed by atoms with E-state index in [0.717, 1.165) is 0 Å². The molecule has 1 aromatic carbocycles. The SMILES string of the molecule is COc1cc(O)c2c(c1)/C=C/CC(=O)NCCCOCCCNC(=O)CCC[C@H](C)OC2=O. The van der Waals surface area contributed by atoms with E-state index in [1.807, 2.05) is 0 Å². The van der Waals surface area contributed by atoms with E-state index < -0.39 is 12.1 Å². The molecule has 33 heavy (non-hydrogen) atoms. The van der Waals surface area contributed by atoms with Crippen molar-refractivity contribution in [1.82, 2.24) is 10.6 Å². The van der Waals surface area contributed by atoms with Gasteiger partial charge in [0.2, 0.25) is 11.8 Å².